The summed E-state index contributed by atoms with van der Waals surface area (Å²) in [6, 6.07) is 7.80. The van der Waals surface area contributed by atoms with Gasteiger partial charge in [0.25, 0.3) is 0 Å². The number of nitrogens with one attached hydrogen (secondary N) is 4. The maximum atomic E-state index is 13.1. The van der Waals surface area contributed by atoms with Gasteiger partial charge in [-0.05, 0) is 37.1 Å². The lowest BCUT2D eigenvalue weighted by Crippen LogP contribution is -2.61. The van der Waals surface area contributed by atoms with Gasteiger partial charge in [0.05, 0.1) is 17.3 Å². The summed E-state index contributed by atoms with van der Waals surface area (Å²) in [5.74, 6) is 0.0163. The van der Waals surface area contributed by atoms with Gasteiger partial charge in [0.1, 0.15) is 29.4 Å². The number of hydrazine groups is 1. The SMILES string of the molecule is N#Cc1c(CCCN=C2NC(=O)C3CNNC3N2)nn(-c2ccc(F)cc2)c1N. The number of nitriles is 1. The van der Waals surface area contributed by atoms with Crippen LogP contribution in [-0.2, 0) is 11.2 Å². The number of nitrogens with two attached hydrogens (primary N) is 1. The molecule has 4 rings (SSSR count). The van der Waals surface area contributed by atoms with E-state index in [1.165, 1.54) is 16.8 Å². The van der Waals surface area contributed by atoms with E-state index in [1.807, 2.05) is 0 Å². The number of carbonyl (C=O) groups is 1. The number of halogens is 1. The molecule has 3 heterocycles. The average molecular weight is 397 g/mol. The Morgan fingerprint density at radius 1 is 1.38 bits per heavy atom. The fourth-order valence-electron chi connectivity index (χ4n) is 3.35. The van der Waals surface area contributed by atoms with Gasteiger partial charge >= 0.3 is 0 Å². The van der Waals surface area contributed by atoms with Crippen molar-refractivity contribution in [2.24, 2.45) is 10.9 Å². The van der Waals surface area contributed by atoms with Crippen molar-refractivity contribution in [3.05, 3.63) is 41.3 Å². The molecule has 2 aromatic rings. The molecule has 11 heteroatoms. The first-order valence-corrected chi connectivity index (χ1v) is 9.20. The molecular weight excluding hydrogens is 377 g/mol. The van der Waals surface area contributed by atoms with Crippen LogP contribution in [0.4, 0.5) is 10.2 Å². The lowest BCUT2D eigenvalue weighted by atomic mass is 10.1. The van der Waals surface area contributed by atoms with Crippen molar-refractivity contribution in [3.63, 3.8) is 0 Å². The lowest BCUT2D eigenvalue weighted by Gasteiger charge is -2.27. The number of amides is 1. The number of rotatable bonds is 5. The molecule has 0 aliphatic carbocycles. The highest BCUT2D eigenvalue weighted by atomic mass is 19.1. The summed E-state index contributed by atoms with van der Waals surface area (Å²) in [5, 5.41) is 19.7. The van der Waals surface area contributed by atoms with Crippen molar-refractivity contribution in [2.45, 2.75) is 19.0 Å². The highest BCUT2D eigenvalue weighted by Gasteiger charge is 2.37. The van der Waals surface area contributed by atoms with Crippen molar-refractivity contribution >= 4 is 17.7 Å². The number of anilines is 1. The summed E-state index contributed by atoms with van der Waals surface area (Å²) < 4.78 is 14.6. The number of carbonyl (C=O) groups excluding carboxylic acids is 1. The minimum absolute atomic E-state index is 0.0809. The van der Waals surface area contributed by atoms with Crippen molar-refractivity contribution in [1.29, 1.82) is 5.26 Å². The van der Waals surface area contributed by atoms with E-state index in [0.717, 1.165) is 0 Å². The normalized spacial score (nSPS) is 22.1. The van der Waals surface area contributed by atoms with E-state index in [9.17, 15) is 14.4 Å². The van der Waals surface area contributed by atoms with Crippen LogP contribution in [0.5, 0.6) is 0 Å². The molecular formula is C18H20FN9O. The Kier molecular flexibility index (Phi) is 5.11. The second kappa shape index (κ2) is 7.86. The molecule has 29 heavy (non-hydrogen) atoms. The Balaban J connectivity index is 1.41. The van der Waals surface area contributed by atoms with Crippen LogP contribution in [0.1, 0.15) is 17.7 Å². The van der Waals surface area contributed by atoms with E-state index < -0.39 is 0 Å². The summed E-state index contributed by atoms with van der Waals surface area (Å²) in [5.41, 5.74) is 13.4. The molecule has 1 amide bonds. The number of aromatic nitrogens is 2. The number of benzene rings is 1. The zero-order chi connectivity index (χ0) is 20.4. The predicted molar refractivity (Wildman–Crippen MR) is 103 cm³/mol. The summed E-state index contributed by atoms with van der Waals surface area (Å²) >= 11 is 0. The number of fused-ring (bicyclic) bond motifs is 1. The van der Waals surface area contributed by atoms with Gasteiger partial charge in [-0.2, -0.15) is 10.4 Å². The molecule has 150 valence electrons. The molecule has 0 spiro atoms. The maximum absolute atomic E-state index is 13.1. The quantitative estimate of drug-likeness (QED) is 0.429. The Labute approximate surface area is 165 Å². The van der Waals surface area contributed by atoms with E-state index in [4.69, 9.17) is 5.73 Å². The molecule has 6 N–H and O–H groups in total. The molecule has 2 saturated heterocycles. The van der Waals surface area contributed by atoms with Crippen LogP contribution in [0.2, 0.25) is 0 Å². The van der Waals surface area contributed by atoms with Crippen LogP contribution in [0.3, 0.4) is 0 Å². The number of hydrogen-bond acceptors (Lipinski definition) is 7. The summed E-state index contributed by atoms with van der Waals surface area (Å²) in [4.78, 5) is 16.4. The lowest BCUT2D eigenvalue weighted by molar-refractivity contribution is -0.124. The van der Waals surface area contributed by atoms with Crippen LogP contribution < -0.4 is 27.2 Å². The minimum atomic E-state index is -0.363. The first-order chi connectivity index (χ1) is 14.1. The number of hydrogen-bond donors (Lipinski definition) is 5. The zero-order valence-corrected chi connectivity index (χ0v) is 15.4. The third kappa shape index (κ3) is 3.75. The minimum Gasteiger partial charge on any atom is -0.382 e. The Hall–Kier alpha value is -3.49. The van der Waals surface area contributed by atoms with E-state index in [0.29, 0.717) is 48.8 Å². The summed E-state index contributed by atoms with van der Waals surface area (Å²) in [7, 11) is 0. The van der Waals surface area contributed by atoms with E-state index in [1.54, 1.807) is 12.1 Å². The van der Waals surface area contributed by atoms with Gasteiger partial charge in [-0.1, -0.05) is 0 Å². The molecule has 2 aliphatic rings. The molecule has 10 nitrogen and oxygen atoms in total. The number of nitrogens with zero attached hydrogens (tertiary/aromatic N) is 4. The number of guanidine groups is 1. The fraction of sp³-hybridized carbons (Fsp3) is 0.333. The van der Waals surface area contributed by atoms with Crippen LogP contribution in [0, 0.1) is 23.1 Å². The average Bonchev–Trinajstić information content (AvgIpc) is 3.30. The van der Waals surface area contributed by atoms with Crippen molar-refractivity contribution in [2.75, 3.05) is 18.8 Å². The predicted octanol–water partition coefficient (Wildman–Crippen LogP) is -0.477. The summed E-state index contributed by atoms with van der Waals surface area (Å²) in [6.45, 7) is 0.994. The Morgan fingerprint density at radius 2 is 2.17 bits per heavy atom. The third-order valence-corrected chi connectivity index (χ3v) is 4.87. The zero-order valence-electron chi connectivity index (χ0n) is 15.4. The molecule has 1 aromatic carbocycles. The van der Waals surface area contributed by atoms with Crippen LogP contribution in [0.25, 0.3) is 5.69 Å². The highest BCUT2D eigenvalue weighted by Crippen LogP contribution is 2.21. The molecule has 2 fully saturated rings. The number of aliphatic imine (C=N–C) groups is 1. The smallest absolute Gasteiger partial charge is 0.234 e. The van der Waals surface area contributed by atoms with Crippen molar-refractivity contribution in [3.8, 4) is 11.8 Å². The number of nitrogen functional groups attached to an aromatic ring is 1. The van der Waals surface area contributed by atoms with Gasteiger partial charge in [0.15, 0.2) is 5.96 Å². The monoisotopic (exact) mass is 397 g/mol. The van der Waals surface area contributed by atoms with Gasteiger partial charge < -0.3 is 11.1 Å². The first-order valence-electron chi connectivity index (χ1n) is 9.20. The van der Waals surface area contributed by atoms with Gasteiger partial charge in [-0.15, -0.1) is 0 Å². The Morgan fingerprint density at radius 3 is 2.93 bits per heavy atom. The molecule has 2 unspecified atom stereocenters. The van der Waals surface area contributed by atoms with Crippen molar-refractivity contribution in [1.82, 2.24) is 31.3 Å². The molecule has 2 atom stereocenters. The van der Waals surface area contributed by atoms with Gasteiger partial charge in [-0.25, -0.2) is 14.5 Å². The first kappa shape index (κ1) is 18.9. The van der Waals surface area contributed by atoms with Crippen LogP contribution >= 0.6 is 0 Å². The topological polar surface area (TPSA) is 145 Å². The second-order valence-corrected chi connectivity index (χ2v) is 6.78. The molecule has 0 radical (unpaired) electrons. The summed E-state index contributed by atoms with van der Waals surface area (Å²) in [6.07, 6.45) is 0.909. The van der Waals surface area contributed by atoms with Gasteiger partial charge in [-0.3, -0.25) is 20.5 Å². The second-order valence-electron chi connectivity index (χ2n) is 6.78. The molecule has 0 saturated carbocycles. The molecule has 2 aliphatic heterocycles. The fourth-order valence-corrected chi connectivity index (χ4v) is 3.35. The highest BCUT2D eigenvalue weighted by molar-refractivity contribution is 6.01. The Bertz CT molecular complexity index is 992. The van der Waals surface area contributed by atoms with Crippen LogP contribution in [-0.4, -0.2) is 40.9 Å². The number of aryl methyl sites for hydroxylation is 1. The standard InChI is InChI=1S/C18H20FN9O/c19-10-3-5-11(6-4-10)28-15(21)12(8-20)14(27-28)2-1-7-22-18-24-16-13(9-23-26-16)17(29)25-18/h3-6,13,16,23,26H,1-2,7,9,21H2,(H2,22,24,25,29). The maximum Gasteiger partial charge on any atom is 0.234 e. The van der Waals surface area contributed by atoms with Gasteiger partial charge in [0, 0.05) is 13.1 Å². The van der Waals surface area contributed by atoms with Crippen molar-refractivity contribution < 1.29 is 9.18 Å². The van der Waals surface area contributed by atoms with E-state index in [-0.39, 0.29) is 29.6 Å². The van der Waals surface area contributed by atoms with E-state index in [2.05, 4.69) is 37.6 Å². The van der Waals surface area contributed by atoms with Crippen LogP contribution in [0.15, 0.2) is 29.3 Å². The molecule has 1 aromatic heterocycles. The van der Waals surface area contributed by atoms with Gasteiger partial charge in [0.2, 0.25) is 5.91 Å². The molecule has 0 bridgehead atoms. The largest absolute Gasteiger partial charge is 0.382 e. The van der Waals surface area contributed by atoms with E-state index >= 15 is 0 Å². The third-order valence-electron chi connectivity index (χ3n) is 4.87.